The molecule has 1 aliphatic heterocycles. The summed E-state index contributed by atoms with van der Waals surface area (Å²) in [6.45, 7) is 7.88. The number of furan rings is 1. The third-order valence-electron chi connectivity index (χ3n) is 4.42. The molecule has 1 amide bonds. The highest BCUT2D eigenvalue weighted by Crippen LogP contribution is 2.24. The molecular formula is C17H22N2O3. The number of piperazine rings is 1. The SMILES string of the molecule is Cc1cc2cc(C(=O)N3CCN(CCO)CC3)oc2cc1C. The number of fused-ring (bicyclic) bond motifs is 1. The van der Waals surface area contributed by atoms with Crippen LogP contribution in [0.15, 0.2) is 22.6 Å². The van der Waals surface area contributed by atoms with Crippen LogP contribution in [0.25, 0.3) is 11.0 Å². The topological polar surface area (TPSA) is 56.9 Å². The first-order valence-corrected chi connectivity index (χ1v) is 7.72. The molecule has 0 atom stereocenters. The Morgan fingerprint density at radius 2 is 1.82 bits per heavy atom. The van der Waals surface area contributed by atoms with E-state index in [0.29, 0.717) is 25.4 Å². The van der Waals surface area contributed by atoms with Gasteiger partial charge in [-0.1, -0.05) is 0 Å². The van der Waals surface area contributed by atoms with Crippen molar-refractivity contribution in [3.05, 3.63) is 35.1 Å². The van der Waals surface area contributed by atoms with Crippen LogP contribution in [0.3, 0.4) is 0 Å². The molecule has 0 aliphatic carbocycles. The van der Waals surface area contributed by atoms with Crippen LogP contribution in [0, 0.1) is 13.8 Å². The summed E-state index contributed by atoms with van der Waals surface area (Å²) in [4.78, 5) is 16.6. The van der Waals surface area contributed by atoms with Gasteiger partial charge in [-0.3, -0.25) is 9.69 Å². The molecule has 1 aromatic heterocycles. The summed E-state index contributed by atoms with van der Waals surface area (Å²) in [5, 5.41) is 9.94. The molecule has 5 nitrogen and oxygen atoms in total. The lowest BCUT2D eigenvalue weighted by molar-refractivity contribution is 0.0587. The second-order valence-corrected chi connectivity index (χ2v) is 5.94. The number of aryl methyl sites for hydroxylation is 2. The first kappa shape index (κ1) is 15.1. The maximum atomic E-state index is 12.6. The van der Waals surface area contributed by atoms with E-state index in [4.69, 9.17) is 9.52 Å². The van der Waals surface area contributed by atoms with E-state index in [0.717, 1.165) is 24.1 Å². The highest BCUT2D eigenvalue weighted by atomic mass is 16.3. The fourth-order valence-corrected chi connectivity index (χ4v) is 2.88. The number of amides is 1. The van der Waals surface area contributed by atoms with E-state index in [1.165, 1.54) is 11.1 Å². The van der Waals surface area contributed by atoms with Crippen molar-refractivity contribution in [3.8, 4) is 0 Å². The molecule has 1 fully saturated rings. The molecule has 1 aromatic carbocycles. The number of benzene rings is 1. The third-order valence-corrected chi connectivity index (χ3v) is 4.42. The zero-order valence-corrected chi connectivity index (χ0v) is 13.1. The van der Waals surface area contributed by atoms with E-state index in [9.17, 15) is 4.79 Å². The summed E-state index contributed by atoms with van der Waals surface area (Å²) in [6.07, 6.45) is 0. The Balaban J connectivity index is 1.75. The standard InChI is InChI=1S/C17H22N2O3/c1-12-9-14-11-16(22-15(14)10-13(12)2)17(21)19-5-3-18(4-6-19)7-8-20/h9-11,20H,3-8H2,1-2H3. The quantitative estimate of drug-likeness (QED) is 0.939. The Labute approximate surface area is 130 Å². The Morgan fingerprint density at radius 1 is 1.14 bits per heavy atom. The van der Waals surface area contributed by atoms with Gasteiger partial charge in [0.15, 0.2) is 5.76 Å². The molecule has 0 radical (unpaired) electrons. The third kappa shape index (κ3) is 2.87. The van der Waals surface area contributed by atoms with E-state index in [1.54, 1.807) is 0 Å². The normalized spacial score (nSPS) is 16.4. The highest BCUT2D eigenvalue weighted by molar-refractivity contribution is 5.96. The summed E-state index contributed by atoms with van der Waals surface area (Å²) >= 11 is 0. The smallest absolute Gasteiger partial charge is 0.289 e. The van der Waals surface area contributed by atoms with Gasteiger partial charge in [-0.2, -0.15) is 0 Å². The van der Waals surface area contributed by atoms with Crippen LogP contribution in [0.2, 0.25) is 0 Å². The Kier molecular flexibility index (Phi) is 4.18. The van der Waals surface area contributed by atoms with Crippen LogP contribution in [0.1, 0.15) is 21.7 Å². The summed E-state index contributed by atoms with van der Waals surface area (Å²) in [5.74, 6) is 0.366. The van der Waals surface area contributed by atoms with Crippen LogP contribution in [-0.4, -0.2) is 60.1 Å². The number of hydrogen-bond donors (Lipinski definition) is 1. The molecule has 5 heteroatoms. The monoisotopic (exact) mass is 302 g/mol. The van der Waals surface area contributed by atoms with Crippen molar-refractivity contribution in [1.29, 1.82) is 0 Å². The zero-order valence-electron chi connectivity index (χ0n) is 13.1. The van der Waals surface area contributed by atoms with Crippen molar-refractivity contribution in [2.75, 3.05) is 39.3 Å². The number of aliphatic hydroxyl groups excluding tert-OH is 1. The molecule has 2 aromatic rings. The Morgan fingerprint density at radius 3 is 2.50 bits per heavy atom. The molecule has 3 rings (SSSR count). The minimum absolute atomic E-state index is 0.0462. The average Bonchev–Trinajstić information content (AvgIpc) is 2.91. The fourth-order valence-electron chi connectivity index (χ4n) is 2.88. The number of hydrogen-bond acceptors (Lipinski definition) is 4. The first-order chi connectivity index (χ1) is 10.6. The molecule has 2 heterocycles. The van der Waals surface area contributed by atoms with Gasteiger partial charge < -0.3 is 14.4 Å². The molecule has 0 bridgehead atoms. The number of rotatable bonds is 3. The highest BCUT2D eigenvalue weighted by Gasteiger charge is 2.24. The van der Waals surface area contributed by atoms with E-state index in [-0.39, 0.29) is 12.5 Å². The summed E-state index contributed by atoms with van der Waals surface area (Å²) in [6, 6.07) is 5.88. The molecule has 1 aliphatic rings. The molecule has 1 N–H and O–H groups in total. The second-order valence-electron chi connectivity index (χ2n) is 5.94. The van der Waals surface area contributed by atoms with Crippen LogP contribution in [0.5, 0.6) is 0 Å². The summed E-state index contributed by atoms with van der Waals surface area (Å²) < 4.78 is 5.75. The van der Waals surface area contributed by atoms with E-state index in [1.807, 2.05) is 24.0 Å². The predicted molar refractivity (Wildman–Crippen MR) is 85.1 cm³/mol. The average molecular weight is 302 g/mol. The molecule has 118 valence electrons. The number of carbonyl (C=O) groups excluding carboxylic acids is 1. The lowest BCUT2D eigenvalue weighted by atomic mass is 10.1. The minimum Gasteiger partial charge on any atom is -0.451 e. The van der Waals surface area contributed by atoms with Crippen molar-refractivity contribution in [2.45, 2.75) is 13.8 Å². The van der Waals surface area contributed by atoms with Gasteiger partial charge in [0.1, 0.15) is 5.58 Å². The van der Waals surface area contributed by atoms with Crippen LogP contribution < -0.4 is 0 Å². The van der Waals surface area contributed by atoms with Crippen molar-refractivity contribution >= 4 is 16.9 Å². The van der Waals surface area contributed by atoms with E-state index >= 15 is 0 Å². The molecule has 22 heavy (non-hydrogen) atoms. The number of carbonyl (C=O) groups is 1. The van der Waals surface area contributed by atoms with Crippen LogP contribution >= 0.6 is 0 Å². The maximum Gasteiger partial charge on any atom is 0.289 e. The summed E-state index contributed by atoms with van der Waals surface area (Å²) in [5.41, 5.74) is 3.13. The molecule has 0 saturated carbocycles. The van der Waals surface area contributed by atoms with Gasteiger partial charge in [0.05, 0.1) is 6.61 Å². The molecule has 0 spiro atoms. The molecule has 1 saturated heterocycles. The van der Waals surface area contributed by atoms with Gasteiger partial charge in [0.2, 0.25) is 0 Å². The first-order valence-electron chi connectivity index (χ1n) is 7.72. The van der Waals surface area contributed by atoms with Gasteiger partial charge in [-0.05, 0) is 43.2 Å². The lowest BCUT2D eigenvalue weighted by Gasteiger charge is -2.33. The van der Waals surface area contributed by atoms with Crippen LogP contribution in [0.4, 0.5) is 0 Å². The number of aliphatic hydroxyl groups is 1. The molecular weight excluding hydrogens is 280 g/mol. The minimum atomic E-state index is -0.0462. The van der Waals surface area contributed by atoms with Crippen molar-refractivity contribution in [3.63, 3.8) is 0 Å². The van der Waals surface area contributed by atoms with Crippen molar-refractivity contribution in [1.82, 2.24) is 9.80 Å². The second kappa shape index (κ2) is 6.10. The number of nitrogens with zero attached hydrogens (tertiary/aromatic N) is 2. The number of β-amino-alcohol motifs (C(OH)–C–C–N with tert-alkyl or cyclic N) is 1. The largest absolute Gasteiger partial charge is 0.451 e. The van der Waals surface area contributed by atoms with Crippen LogP contribution in [-0.2, 0) is 0 Å². The Hall–Kier alpha value is -1.85. The van der Waals surface area contributed by atoms with Gasteiger partial charge in [-0.25, -0.2) is 0 Å². The van der Waals surface area contributed by atoms with Gasteiger partial charge in [0, 0.05) is 38.1 Å². The van der Waals surface area contributed by atoms with Gasteiger partial charge in [0.25, 0.3) is 5.91 Å². The van der Waals surface area contributed by atoms with Crippen molar-refractivity contribution < 1.29 is 14.3 Å². The van der Waals surface area contributed by atoms with E-state index in [2.05, 4.69) is 17.9 Å². The van der Waals surface area contributed by atoms with Gasteiger partial charge in [-0.15, -0.1) is 0 Å². The Bertz CT molecular complexity index is 646. The lowest BCUT2D eigenvalue weighted by Crippen LogP contribution is -2.49. The fraction of sp³-hybridized carbons (Fsp3) is 0.471. The maximum absolute atomic E-state index is 12.6. The van der Waals surface area contributed by atoms with E-state index < -0.39 is 0 Å². The molecule has 0 unspecified atom stereocenters. The zero-order chi connectivity index (χ0) is 15.7. The summed E-state index contributed by atoms with van der Waals surface area (Å²) in [7, 11) is 0. The predicted octanol–water partition coefficient (Wildman–Crippen LogP) is 1.80. The van der Waals surface area contributed by atoms with Crippen molar-refractivity contribution in [2.24, 2.45) is 0 Å². The van der Waals surface area contributed by atoms with Gasteiger partial charge >= 0.3 is 0 Å².